The third-order valence-corrected chi connectivity index (χ3v) is 7.38. The summed E-state index contributed by atoms with van der Waals surface area (Å²) in [7, 11) is -3.76. The summed E-state index contributed by atoms with van der Waals surface area (Å²) in [5.41, 5.74) is -0.0754. The molecule has 2 fully saturated rings. The molecule has 9 nitrogen and oxygen atoms in total. The van der Waals surface area contributed by atoms with Crippen molar-refractivity contribution in [3.05, 3.63) is 28.3 Å². The number of nitro benzene ring substituents is 1. The van der Waals surface area contributed by atoms with Crippen molar-refractivity contribution in [1.82, 2.24) is 9.21 Å². The van der Waals surface area contributed by atoms with Gasteiger partial charge in [0.2, 0.25) is 15.9 Å². The minimum absolute atomic E-state index is 0.0259. The molecule has 1 N–H and O–H groups in total. The van der Waals surface area contributed by atoms with Gasteiger partial charge in [-0.3, -0.25) is 14.9 Å². The van der Waals surface area contributed by atoms with Crippen LogP contribution in [0.15, 0.2) is 23.1 Å². The lowest BCUT2D eigenvalue weighted by Gasteiger charge is -2.20. The van der Waals surface area contributed by atoms with E-state index < -0.39 is 14.9 Å². The highest BCUT2D eigenvalue weighted by Crippen LogP contribution is 2.30. The number of hydrogen-bond acceptors (Lipinski definition) is 6. The molecule has 0 aromatic heterocycles. The van der Waals surface area contributed by atoms with Gasteiger partial charge in [-0.2, -0.15) is 4.31 Å². The van der Waals surface area contributed by atoms with E-state index in [1.54, 1.807) is 4.90 Å². The lowest BCUT2D eigenvalue weighted by atomic mass is 10.2. The summed E-state index contributed by atoms with van der Waals surface area (Å²) in [4.78, 5) is 24.8. The van der Waals surface area contributed by atoms with Crippen LogP contribution < -0.4 is 5.32 Å². The number of benzene rings is 1. The van der Waals surface area contributed by atoms with E-state index in [9.17, 15) is 23.3 Å². The Bertz CT molecular complexity index is 844. The molecule has 1 aromatic rings. The van der Waals surface area contributed by atoms with Crippen LogP contribution in [0.1, 0.15) is 44.9 Å². The predicted octanol–water partition coefficient (Wildman–Crippen LogP) is 2.58. The van der Waals surface area contributed by atoms with Crippen molar-refractivity contribution >= 4 is 27.3 Å². The first-order valence-electron chi connectivity index (χ1n) is 10.2. The number of nitrogens with one attached hydrogen (secondary N) is 1. The van der Waals surface area contributed by atoms with Crippen LogP contribution in [0.25, 0.3) is 0 Å². The Morgan fingerprint density at radius 2 is 1.66 bits per heavy atom. The van der Waals surface area contributed by atoms with E-state index in [4.69, 9.17) is 0 Å². The molecule has 0 atom stereocenters. The molecule has 0 unspecified atom stereocenters. The molecule has 0 aliphatic carbocycles. The molecule has 0 spiro atoms. The van der Waals surface area contributed by atoms with Gasteiger partial charge in [-0.05, 0) is 37.8 Å². The SMILES string of the molecule is O=C(CCNc1ccc(S(=O)(=O)N2CCCCCC2)cc1[N+](=O)[O-])N1CCCC1. The Labute approximate surface area is 171 Å². The summed E-state index contributed by atoms with van der Waals surface area (Å²) in [5, 5.41) is 14.4. The van der Waals surface area contributed by atoms with Crippen molar-refractivity contribution in [1.29, 1.82) is 0 Å². The number of anilines is 1. The van der Waals surface area contributed by atoms with Crippen LogP contribution >= 0.6 is 0 Å². The summed E-state index contributed by atoms with van der Waals surface area (Å²) >= 11 is 0. The Balaban J connectivity index is 1.71. The smallest absolute Gasteiger partial charge is 0.293 e. The van der Waals surface area contributed by atoms with Gasteiger partial charge in [0.1, 0.15) is 5.69 Å². The first-order valence-corrected chi connectivity index (χ1v) is 11.6. The average molecular weight is 425 g/mol. The number of carbonyl (C=O) groups is 1. The van der Waals surface area contributed by atoms with E-state index in [1.165, 1.54) is 16.4 Å². The second-order valence-corrected chi connectivity index (χ2v) is 9.46. The van der Waals surface area contributed by atoms with Crippen molar-refractivity contribution in [3.8, 4) is 0 Å². The van der Waals surface area contributed by atoms with Gasteiger partial charge < -0.3 is 10.2 Å². The Kier molecular flexibility index (Phi) is 7.07. The summed E-state index contributed by atoms with van der Waals surface area (Å²) < 4.78 is 27.2. The first kappa shape index (κ1) is 21.5. The topological polar surface area (TPSA) is 113 Å². The van der Waals surface area contributed by atoms with Crippen LogP contribution in [-0.2, 0) is 14.8 Å². The van der Waals surface area contributed by atoms with E-state index in [0.717, 1.165) is 57.7 Å². The summed E-state index contributed by atoms with van der Waals surface area (Å²) in [6, 6.07) is 3.94. The molecule has 0 saturated carbocycles. The lowest BCUT2D eigenvalue weighted by molar-refractivity contribution is -0.384. The van der Waals surface area contributed by atoms with Crippen molar-refractivity contribution in [3.63, 3.8) is 0 Å². The summed E-state index contributed by atoms with van der Waals surface area (Å²) in [6.45, 7) is 2.67. The van der Waals surface area contributed by atoms with Gasteiger partial charge in [0, 0.05) is 45.2 Å². The first-order chi connectivity index (χ1) is 13.9. The average Bonchev–Trinajstić information content (AvgIpc) is 3.09. The molecule has 0 radical (unpaired) electrons. The van der Waals surface area contributed by atoms with Gasteiger partial charge in [0.15, 0.2) is 0 Å². The van der Waals surface area contributed by atoms with E-state index in [1.807, 2.05) is 0 Å². The van der Waals surface area contributed by atoms with Crippen molar-refractivity contribution in [2.24, 2.45) is 0 Å². The summed E-state index contributed by atoms with van der Waals surface area (Å²) in [6.07, 6.45) is 5.84. The van der Waals surface area contributed by atoms with Gasteiger partial charge in [-0.25, -0.2) is 8.42 Å². The maximum atomic E-state index is 12.9. The molecule has 1 aromatic carbocycles. The Morgan fingerprint density at radius 3 is 2.28 bits per heavy atom. The van der Waals surface area contributed by atoms with Gasteiger partial charge in [0.25, 0.3) is 5.69 Å². The van der Waals surface area contributed by atoms with Gasteiger partial charge in [0.05, 0.1) is 9.82 Å². The Morgan fingerprint density at radius 1 is 1.03 bits per heavy atom. The number of carbonyl (C=O) groups excluding carboxylic acids is 1. The van der Waals surface area contributed by atoms with Crippen molar-refractivity contribution in [2.75, 3.05) is 38.0 Å². The highest BCUT2D eigenvalue weighted by atomic mass is 32.2. The second kappa shape index (κ2) is 9.53. The third kappa shape index (κ3) is 5.24. The zero-order valence-electron chi connectivity index (χ0n) is 16.5. The zero-order chi connectivity index (χ0) is 20.9. The molecular weight excluding hydrogens is 396 g/mol. The van der Waals surface area contributed by atoms with Crippen LogP contribution in [-0.4, -0.2) is 61.2 Å². The molecule has 1 amide bonds. The van der Waals surface area contributed by atoms with E-state index in [2.05, 4.69) is 5.32 Å². The number of nitrogens with zero attached hydrogens (tertiary/aromatic N) is 3. The van der Waals surface area contributed by atoms with Crippen LogP contribution in [0, 0.1) is 10.1 Å². The highest BCUT2D eigenvalue weighted by Gasteiger charge is 2.28. The number of rotatable bonds is 7. The highest BCUT2D eigenvalue weighted by molar-refractivity contribution is 7.89. The van der Waals surface area contributed by atoms with E-state index in [-0.39, 0.29) is 35.1 Å². The van der Waals surface area contributed by atoms with Crippen molar-refractivity contribution < 1.29 is 18.1 Å². The lowest BCUT2D eigenvalue weighted by Crippen LogP contribution is -2.32. The molecule has 0 bridgehead atoms. The third-order valence-electron chi connectivity index (χ3n) is 5.48. The van der Waals surface area contributed by atoms with E-state index in [0.29, 0.717) is 13.1 Å². The number of nitro groups is 1. The molecule has 29 heavy (non-hydrogen) atoms. The molecule has 2 saturated heterocycles. The minimum atomic E-state index is -3.76. The van der Waals surface area contributed by atoms with Crippen LogP contribution in [0.3, 0.4) is 0 Å². The maximum absolute atomic E-state index is 12.9. The maximum Gasteiger partial charge on any atom is 0.293 e. The van der Waals surface area contributed by atoms with Gasteiger partial charge in [-0.15, -0.1) is 0 Å². The number of amides is 1. The molecule has 2 heterocycles. The normalized spacial score (nSPS) is 18.4. The van der Waals surface area contributed by atoms with Crippen molar-refractivity contribution in [2.45, 2.75) is 49.8 Å². The molecule has 2 aliphatic heterocycles. The predicted molar refractivity (Wildman–Crippen MR) is 109 cm³/mol. The molecular formula is C19H28N4O5S. The number of hydrogen-bond donors (Lipinski definition) is 1. The Hall–Kier alpha value is -2.20. The standard InChI is InChI=1S/C19H28N4O5S/c24-19(21-11-5-6-12-21)9-10-20-17-8-7-16(15-18(17)23(25)26)29(27,28)22-13-3-1-2-4-14-22/h7-8,15,20H,1-6,9-14H2. The molecule has 10 heteroatoms. The quantitative estimate of drug-likeness (QED) is 0.532. The van der Waals surface area contributed by atoms with Crippen LogP contribution in [0.2, 0.25) is 0 Å². The molecule has 160 valence electrons. The van der Waals surface area contributed by atoms with Crippen LogP contribution in [0.4, 0.5) is 11.4 Å². The fraction of sp³-hybridized carbons (Fsp3) is 0.632. The largest absolute Gasteiger partial charge is 0.379 e. The molecule has 3 rings (SSSR count). The number of likely N-dealkylation sites (tertiary alicyclic amines) is 1. The molecule has 2 aliphatic rings. The van der Waals surface area contributed by atoms with E-state index >= 15 is 0 Å². The van der Waals surface area contributed by atoms with Gasteiger partial charge >= 0.3 is 0 Å². The zero-order valence-corrected chi connectivity index (χ0v) is 17.3. The second-order valence-electron chi connectivity index (χ2n) is 7.52. The number of sulfonamides is 1. The fourth-order valence-corrected chi connectivity index (χ4v) is 5.37. The minimum Gasteiger partial charge on any atom is -0.379 e. The van der Waals surface area contributed by atoms with Gasteiger partial charge in [-0.1, -0.05) is 12.8 Å². The van der Waals surface area contributed by atoms with Crippen LogP contribution in [0.5, 0.6) is 0 Å². The summed E-state index contributed by atoms with van der Waals surface area (Å²) in [5.74, 6) is 0.0259. The monoisotopic (exact) mass is 424 g/mol. The fourth-order valence-electron chi connectivity index (χ4n) is 3.83.